The second kappa shape index (κ2) is 8.59. The number of pyridine rings is 1. The molecule has 0 bridgehead atoms. The van der Waals surface area contributed by atoms with Crippen LogP contribution in [0, 0.1) is 0 Å². The summed E-state index contributed by atoms with van der Waals surface area (Å²) in [5.74, 6) is -0.0662. The number of aromatic nitrogens is 2. The van der Waals surface area contributed by atoms with Gasteiger partial charge in [0.2, 0.25) is 5.91 Å². The van der Waals surface area contributed by atoms with Gasteiger partial charge in [-0.05, 0) is 35.7 Å². The van der Waals surface area contributed by atoms with E-state index in [1.54, 1.807) is 12.4 Å². The van der Waals surface area contributed by atoms with E-state index in [4.69, 9.17) is 0 Å². The number of amides is 1. The number of anilines is 1. The summed E-state index contributed by atoms with van der Waals surface area (Å²) >= 11 is 1.52. The molecule has 1 amide bonds. The Morgan fingerprint density at radius 3 is 2.61 bits per heavy atom. The molecule has 4 nitrogen and oxygen atoms in total. The predicted molar refractivity (Wildman–Crippen MR) is 113 cm³/mol. The Labute approximate surface area is 167 Å². The highest BCUT2D eigenvalue weighted by atomic mass is 32.1. The van der Waals surface area contributed by atoms with Gasteiger partial charge < -0.3 is 5.32 Å². The van der Waals surface area contributed by atoms with Crippen LogP contribution in [0.15, 0.2) is 84.5 Å². The zero-order valence-corrected chi connectivity index (χ0v) is 16.0. The van der Waals surface area contributed by atoms with Crippen molar-refractivity contribution in [1.82, 2.24) is 9.97 Å². The Bertz CT molecular complexity index is 1060. The highest BCUT2D eigenvalue weighted by Crippen LogP contribution is 2.23. The van der Waals surface area contributed by atoms with E-state index in [-0.39, 0.29) is 12.3 Å². The van der Waals surface area contributed by atoms with E-state index in [0.717, 1.165) is 33.9 Å². The highest BCUT2D eigenvalue weighted by Gasteiger charge is 2.11. The Morgan fingerprint density at radius 2 is 1.79 bits per heavy atom. The lowest BCUT2D eigenvalue weighted by Crippen LogP contribution is -2.15. The number of nitrogens with one attached hydrogen (secondary N) is 1. The van der Waals surface area contributed by atoms with Gasteiger partial charge >= 0.3 is 0 Å². The smallest absolute Gasteiger partial charge is 0.230 e. The SMILES string of the molecule is O=C(Cc1csc(-c2cccnc2)n1)Nc1ccccc1Cc1ccccc1. The quantitative estimate of drug-likeness (QED) is 0.509. The topological polar surface area (TPSA) is 54.9 Å². The summed E-state index contributed by atoms with van der Waals surface area (Å²) < 4.78 is 0. The zero-order valence-electron chi connectivity index (χ0n) is 15.2. The Balaban J connectivity index is 1.44. The molecule has 5 heteroatoms. The molecule has 2 heterocycles. The monoisotopic (exact) mass is 385 g/mol. The minimum Gasteiger partial charge on any atom is -0.325 e. The molecule has 4 aromatic rings. The molecule has 0 aliphatic heterocycles. The fourth-order valence-corrected chi connectivity index (χ4v) is 3.79. The van der Waals surface area contributed by atoms with Crippen LogP contribution < -0.4 is 5.32 Å². The van der Waals surface area contributed by atoms with Crippen molar-refractivity contribution in [3.63, 3.8) is 0 Å². The van der Waals surface area contributed by atoms with Crippen LogP contribution in [0.4, 0.5) is 5.69 Å². The first kappa shape index (κ1) is 18.1. The average molecular weight is 385 g/mol. The summed E-state index contributed by atoms with van der Waals surface area (Å²) in [6.07, 6.45) is 4.54. The van der Waals surface area contributed by atoms with Gasteiger partial charge in [0, 0.05) is 29.0 Å². The molecule has 0 unspecified atom stereocenters. The molecule has 0 spiro atoms. The average Bonchev–Trinajstić information content (AvgIpc) is 3.19. The fraction of sp³-hybridized carbons (Fsp3) is 0.0870. The molecule has 0 saturated carbocycles. The number of carbonyl (C=O) groups is 1. The second-order valence-electron chi connectivity index (χ2n) is 6.43. The van der Waals surface area contributed by atoms with Gasteiger partial charge in [-0.25, -0.2) is 4.98 Å². The molecule has 2 aromatic heterocycles. The summed E-state index contributed by atoms with van der Waals surface area (Å²) in [7, 11) is 0. The van der Waals surface area contributed by atoms with Crippen LogP contribution in [0.25, 0.3) is 10.6 Å². The number of benzene rings is 2. The number of rotatable bonds is 6. The molecule has 0 saturated heterocycles. The lowest BCUT2D eigenvalue weighted by Gasteiger charge is -2.11. The molecule has 0 aliphatic rings. The van der Waals surface area contributed by atoms with Crippen LogP contribution in [0.3, 0.4) is 0 Å². The molecule has 0 aliphatic carbocycles. The van der Waals surface area contributed by atoms with Crippen molar-refractivity contribution in [3.05, 3.63) is 101 Å². The number of nitrogens with zero attached hydrogens (tertiary/aromatic N) is 2. The van der Waals surface area contributed by atoms with Gasteiger partial charge in [-0.15, -0.1) is 11.3 Å². The minimum atomic E-state index is -0.0662. The normalized spacial score (nSPS) is 10.6. The fourth-order valence-electron chi connectivity index (χ4n) is 2.98. The van der Waals surface area contributed by atoms with Crippen molar-refractivity contribution < 1.29 is 4.79 Å². The summed E-state index contributed by atoms with van der Waals surface area (Å²) in [5, 5.41) is 5.85. The zero-order chi connectivity index (χ0) is 19.2. The van der Waals surface area contributed by atoms with Crippen LogP contribution in [-0.4, -0.2) is 15.9 Å². The van der Waals surface area contributed by atoms with Gasteiger partial charge in [-0.2, -0.15) is 0 Å². The van der Waals surface area contributed by atoms with Crippen LogP contribution in [0.2, 0.25) is 0 Å². The summed E-state index contributed by atoms with van der Waals surface area (Å²) in [6.45, 7) is 0. The molecule has 4 rings (SSSR count). The maximum Gasteiger partial charge on any atom is 0.230 e. The minimum absolute atomic E-state index is 0.0662. The molecule has 138 valence electrons. The maximum atomic E-state index is 12.6. The summed E-state index contributed by atoms with van der Waals surface area (Å²) in [5.41, 5.74) is 4.88. The summed E-state index contributed by atoms with van der Waals surface area (Å²) in [6, 6.07) is 22.0. The predicted octanol–water partition coefficient (Wildman–Crippen LogP) is 4.98. The van der Waals surface area contributed by atoms with Gasteiger partial charge in [0.15, 0.2) is 0 Å². The number of carbonyl (C=O) groups excluding carboxylic acids is 1. The molecule has 0 atom stereocenters. The summed E-state index contributed by atoms with van der Waals surface area (Å²) in [4.78, 5) is 21.3. The van der Waals surface area contributed by atoms with E-state index >= 15 is 0 Å². The first-order valence-electron chi connectivity index (χ1n) is 9.04. The van der Waals surface area contributed by atoms with E-state index in [1.165, 1.54) is 16.9 Å². The van der Waals surface area contributed by atoms with E-state index in [9.17, 15) is 4.79 Å². The highest BCUT2D eigenvalue weighted by molar-refractivity contribution is 7.13. The van der Waals surface area contributed by atoms with Crippen LogP contribution in [-0.2, 0) is 17.6 Å². The molecule has 1 N–H and O–H groups in total. The van der Waals surface area contributed by atoms with E-state index in [2.05, 4.69) is 27.4 Å². The first-order valence-corrected chi connectivity index (χ1v) is 9.92. The second-order valence-corrected chi connectivity index (χ2v) is 7.29. The van der Waals surface area contributed by atoms with Gasteiger partial charge in [-0.3, -0.25) is 9.78 Å². The number of para-hydroxylation sites is 1. The number of hydrogen-bond donors (Lipinski definition) is 1. The molecule has 0 radical (unpaired) electrons. The molecular weight excluding hydrogens is 366 g/mol. The number of thiazole rings is 1. The van der Waals surface area contributed by atoms with Crippen molar-refractivity contribution in [2.75, 3.05) is 5.32 Å². The van der Waals surface area contributed by atoms with Gasteiger partial charge in [0.25, 0.3) is 0 Å². The van der Waals surface area contributed by atoms with Crippen molar-refractivity contribution >= 4 is 22.9 Å². The Kier molecular flexibility index (Phi) is 5.54. The van der Waals surface area contributed by atoms with Gasteiger partial charge in [-0.1, -0.05) is 48.5 Å². The lowest BCUT2D eigenvalue weighted by molar-refractivity contribution is -0.115. The van der Waals surface area contributed by atoms with Gasteiger partial charge in [0.05, 0.1) is 12.1 Å². The van der Waals surface area contributed by atoms with E-state index in [0.29, 0.717) is 0 Å². The lowest BCUT2D eigenvalue weighted by atomic mass is 10.0. The van der Waals surface area contributed by atoms with Crippen molar-refractivity contribution in [1.29, 1.82) is 0 Å². The van der Waals surface area contributed by atoms with Crippen molar-refractivity contribution in [2.24, 2.45) is 0 Å². The molecule has 28 heavy (non-hydrogen) atoms. The first-order chi connectivity index (χ1) is 13.8. The van der Waals surface area contributed by atoms with Crippen LogP contribution in [0.5, 0.6) is 0 Å². The van der Waals surface area contributed by atoms with Gasteiger partial charge in [0.1, 0.15) is 5.01 Å². The molecule has 0 fully saturated rings. The van der Waals surface area contributed by atoms with E-state index in [1.807, 2.05) is 60.0 Å². The van der Waals surface area contributed by atoms with Crippen molar-refractivity contribution in [2.45, 2.75) is 12.8 Å². The third-order valence-corrected chi connectivity index (χ3v) is 5.27. The van der Waals surface area contributed by atoms with E-state index < -0.39 is 0 Å². The molecular formula is C23H19N3OS. The maximum absolute atomic E-state index is 12.6. The third kappa shape index (κ3) is 4.50. The Hall–Kier alpha value is -3.31. The van der Waals surface area contributed by atoms with Crippen LogP contribution in [0.1, 0.15) is 16.8 Å². The number of hydrogen-bond acceptors (Lipinski definition) is 4. The van der Waals surface area contributed by atoms with Crippen molar-refractivity contribution in [3.8, 4) is 10.6 Å². The van der Waals surface area contributed by atoms with Crippen LogP contribution >= 0.6 is 11.3 Å². The Morgan fingerprint density at radius 1 is 0.964 bits per heavy atom. The standard InChI is InChI=1S/C23H19N3OS/c27-22(14-20-16-28-23(25-20)19-10-6-12-24-15-19)26-21-11-5-4-9-18(21)13-17-7-2-1-3-8-17/h1-12,15-16H,13-14H2,(H,26,27). The third-order valence-electron chi connectivity index (χ3n) is 4.33. The molecule has 2 aromatic carbocycles. The largest absolute Gasteiger partial charge is 0.325 e.